The van der Waals surface area contributed by atoms with E-state index in [-0.39, 0.29) is 0 Å². The molecule has 1 aliphatic rings. The van der Waals surface area contributed by atoms with Crippen molar-refractivity contribution < 1.29 is 0 Å². The summed E-state index contributed by atoms with van der Waals surface area (Å²) in [6, 6.07) is 9.17. The predicted molar refractivity (Wildman–Crippen MR) is 73.1 cm³/mol. The highest BCUT2D eigenvalue weighted by molar-refractivity contribution is 14.1. The molecule has 76 valence electrons. The first-order valence-electron chi connectivity index (χ1n) is 4.95. The van der Waals surface area contributed by atoms with Crippen molar-refractivity contribution in [2.24, 2.45) is 0 Å². The summed E-state index contributed by atoms with van der Waals surface area (Å²) in [4.78, 5) is 0. The summed E-state index contributed by atoms with van der Waals surface area (Å²) < 4.78 is 1.32. The molecule has 0 radical (unpaired) electrons. The van der Waals surface area contributed by atoms with E-state index in [0.717, 1.165) is 0 Å². The largest absolute Gasteiger partial charge is 0.381 e. The van der Waals surface area contributed by atoms with Crippen LogP contribution in [-0.2, 0) is 0 Å². The van der Waals surface area contributed by atoms with Crippen molar-refractivity contribution in [3.05, 3.63) is 27.8 Å². The predicted octanol–water partition coefficient (Wildman–Crippen LogP) is 3.60. The molecule has 1 aromatic carbocycles. The lowest BCUT2D eigenvalue weighted by atomic mass is 10.2. The molecule has 1 aromatic rings. The summed E-state index contributed by atoms with van der Waals surface area (Å²) in [7, 11) is 0. The first kappa shape index (κ1) is 10.6. The van der Waals surface area contributed by atoms with Crippen molar-refractivity contribution >= 4 is 40.0 Å². The lowest BCUT2D eigenvalue weighted by Gasteiger charge is -2.24. The molecular formula is C11H14INS. The van der Waals surface area contributed by atoms with Gasteiger partial charge in [-0.05, 0) is 53.3 Å². The summed E-state index contributed by atoms with van der Waals surface area (Å²) in [5, 5.41) is 3.62. The molecule has 0 unspecified atom stereocenters. The van der Waals surface area contributed by atoms with Crippen molar-refractivity contribution in [2.75, 3.05) is 16.8 Å². The first-order valence-corrected chi connectivity index (χ1v) is 7.18. The average Bonchev–Trinajstić information content (AvgIpc) is 2.23. The van der Waals surface area contributed by atoms with E-state index in [1.807, 2.05) is 0 Å². The second-order valence-electron chi connectivity index (χ2n) is 3.54. The number of hydrogen-bond acceptors (Lipinski definition) is 2. The Morgan fingerprint density at radius 1 is 1.36 bits per heavy atom. The number of halogens is 1. The first-order chi connectivity index (χ1) is 6.86. The minimum atomic E-state index is 0.671. The second-order valence-corrected chi connectivity index (χ2v) is 5.85. The molecule has 1 saturated heterocycles. The number of benzene rings is 1. The van der Waals surface area contributed by atoms with Crippen molar-refractivity contribution in [2.45, 2.75) is 18.9 Å². The number of anilines is 1. The molecule has 14 heavy (non-hydrogen) atoms. The monoisotopic (exact) mass is 319 g/mol. The van der Waals surface area contributed by atoms with Crippen LogP contribution in [-0.4, -0.2) is 17.5 Å². The zero-order chi connectivity index (χ0) is 9.80. The Morgan fingerprint density at radius 3 is 2.93 bits per heavy atom. The van der Waals surface area contributed by atoms with Gasteiger partial charge in [-0.1, -0.05) is 12.1 Å². The van der Waals surface area contributed by atoms with E-state index in [0.29, 0.717) is 6.04 Å². The van der Waals surface area contributed by atoms with Gasteiger partial charge in [-0.2, -0.15) is 11.8 Å². The maximum Gasteiger partial charge on any atom is 0.0478 e. The number of rotatable bonds is 2. The summed E-state index contributed by atoms with van der Waals surface area (Å²) in [5.74, 6) is 2.59. The van der Waals surface area contributed by atoms with Gasteiger partial charge in [0.2, 0.25) is 0 Å². The van der Waals surface area contributed by atoms with E-state index in [2.05, 4.69) is 63.9 Å². The number of hydrogen-bond donors (Lipinski definition) is 1. The van der Waals surface area contributed by atoms with Gasteiger partial charge in [-0.15, -0.1) is 0 Å². The maximum atomic E-state index is 3.62. The zero-order valence-electron chi connectivity index (χ0n) is 8.00. The van der Waals surface area contributed by atoms with Gasteiger partial charge in [0, 0.05) is 21.1 Å². The fourth-order valence-electron chi connectivity index (χ4n) is 1.65. The van der Waals surface area contributed by atoms with Gasteiger partial charge in [0.1, 0.15) is 0 Å². The number of thioether (sulfide) groups is 1. The average molecular weight is 319 g/mol. The normalized spacial score (nSPS) is 21.9. The van der Waals surface area contributed by atoms with Gasteiger partial charge in [-0.25, -0.2) is 0 Å². The Labute approximate surface area is 103 Å². The van der Waals surface area contributed by atoms with E-state index in [4.69, 9.17) is 0 Å². The Balaban J connectivity index is 1.99. The van der Waals surface area contributed by atoms with Crippen LogP contribution >= 0.6 is 34.4 Å². The van der Waals surface area contributed by atoms with Crippen molar-refractivity contribution in [1.82, 2.24) is 0 Å². The molecule has 1 N–H and O–H groups in total. The van der Waals surface area contributed by atoms with Gasteiger partial charge >= 0.3 is 0 Å². The third-order valence-electron chi connectivity index (χ3n) is 2.39. The Morgan fingerprint density at radius 2 is 2.21 bits per heavy atom. The van der Waals surface area contributed by atoms with Crippen molar-refractivity contribution in [3.63, 3.8) is 0 Å². The molecule has 0 aromatic heterocycles. The fraction of sp³-hybridized carbons (Fsp3) is 0.455. The van der Waals surface area contributed by atoms with Crippen LogP contribution in [0.1, 0.15) is 12.8 Å². The molecule has 1 fully saturated rings. The van der Waals surface area contributed by atoms with Gasteiger partial charge in [0.25, 0.3) is 0 Å². The van der Waals surface area contributed by atoms with Crippen molar-refractivity contribution in [1.29, 1.82) is 0 Å². The minimum Gasteiger partial charge on any atom is -0.381 e. The van der Waals surface area contributed by atoms with E-state index >= 15 is 0 Å². The molecule has 0 spiro atoms. The molecule has 1 atom stereocenters. The third kappa shape index (κ3) is 2.79. The Hall–Kier alpha value is 0.1000. The fourth-order valence-corrected chi connectivity index (χ4v) is 3.27. The molecule has 1 heterocycles. The van der Waals surface area contributed by atoms with Crippen LogP contribution in [0.3, 0.4) is 0 Å². The third-order valence-corrected chi connectivity index (χ3v) is 4.55. The van der Waals surface area contributed by atoms with Gasteiger partial charge in [0.15, 0.2) is 0 Å². The molecule has 0 amide bonds. The van der Waals surface area contributed by atoms with Crippen LogP contribution in [0.15, 0.2) is 24.3 Å². The van der Waals surface area contributed by atoms with Crippen LogP contribution < -0.4 is 5.32 Å². The Kier molecular flexibility index (Phi) is 3.99. The number of para-hydroxylation sites is 1. The second kappa shape index (κ2) is 5.26. The summed E-state index contributed by atoms with van der Waals surface area (Å²) in [6.45, 7) is 0. The van der Waals surface area contributed by atoms with Crippen LogP contribution in [0.4, 0.5) is 5.69 Å². The lowest BCUT2D eigenvalue weighted by Crippen LogP contribution is -2.26. The van der Waals surface area contributed by atoms with Crippen LogP contribution in [0, 0.1) is 3.57 Å². The summed E-state index contributed by atoms with van der Waals surface area (Å²) in [6.07, 6.45) is 2.67. The van der Waals surface area contributed by atoms with E-state index in [9.17, 15) is 0 Å². The van der Waals surface area contributed by atoms with E-state index < -0.39 is 0 Å². The lowest BCUT2D eigenvalue weighted by molar-refractivity contribution is 0.685. The van der Waals surface area contributed by atoms with E-state index in [1.165, 1.54) is 33.6 Å². The molecule has 3 heteroatoms. The van der Waals surface area contributed by atoms with Crippen LogP contribution in [0.5, 0.6) is 0 Å². The number of nitrogens with one attached hydrogen (secondary N) is 1. The summed E-state index contributed by atoms with van der Waals surface area (Å²) in [5.41, 5.74) is 1.29. The highest BCUT2D eigenvalue weighted by Crippen LogP contribution is 2.23. The molecule has 0 aliphatic carbocycles. The molecule has 0 bridgehead atoms. The quantitative estimate of drug-likeness (QED) is 0.836. The zero-order valence-corrected chi connectivity index (χ0v) is 11.0. The van der Waals surface area contributed by atoms with Crippen LogP contribution in [0.2, 0.25) is 0 Å². The highest BCUT2D eigenvalue weighted by atomic mass is 127. The smallest absolute Gasteiger partial charge is 0.0478 e. The molecular weight excluding hydrogens is 305 g/mol. The Bertz CT molecular complexity index is 297. The topological polar surface area (TPSA) is 12.0 Å². The SMILES string of the molecule is Ic1ccccc1N[C@H]1CCCSC1. The molecule has 1 aliphatic heterocycles. The van der Waals surface area contributed by atoms with Gasteiger partial charge in [-0.3, -0.25) is 0 Å². The molecule has 0 saturated carbocycles. The highest BCUT2D eigenvalue weighted by Gasteiger charge is 2.13. The van der Waals surface area contributed by atoms with E-state index in [1.54, 1.807) is 0 Å². The maximum absolute atomic E-state index is 3.62. The van der Waals surface area contributed by atoms with Crippen LogP contribution in [0.25, 0.3) is 0 Å². The summed E-state index contributed by atoms with van der Waals surface area (Å²) >= 11 is 4.45. The van der Waals surface area contributed by atoms with Gasteiger partial charge in [0.05, 0.1) is 0 Å². The molecule has 1 nitrogen and oxygen atoms in total. The molecule has 2 rings (SSSR count). The standard InChI is InChI=1S/C11H14INS/c12-10-5-1-2-6-11(10)13-9-4-3-7-14-8-9/h1-2,5-6,9,13H,3-4,7-8H2/t9-/m0/s1. The van der Waals surface area contributed by atoms with Gasteiger partial charge < -0.3 is 5.32 Å². The minimum absolute atomic E-state index is 0.671. The van der Waals surface area contributed by atoms with Crippen molar-refractivity contribution in [3.8, 4) is 0 Å².